The number of allylic oxidation sites excluding steroid dienone is 1. The van der Waals surface area contributed by atoms with Crippen LogP contribution < -0.4 is 0 Å². The molecular weight excluding hydrogens is 228 g/mol. The van der Waals surface area contributed by atoms with Gasteiger partial charge in [-0.2, -0.15) is 0 Å². The van der Waals surface area contributed by atoms with Crippen LogP contribution in [0, 0.1) is 5.92 Å². The van der Waals surface area contributed by atoms with E-state index >= 15 is 0 Å². The molecule has 0 radical (unpaired) electrons. The molecule has 18 heavy (non-hydrogen) atoms. The molecule has 1 aliphatic carbocycles. The van der Waals surface area contributed by atoms with Crippen molar-refractivity contribution in [2.45, 2.75) is 45.4 Å². The molecular formula is C15H22O3. The van der Waals surface area contributed by atoms with Crippen molar-refractivity contribution < 1.29 is 14.3 Å². The Labute approximate surface area is 109 Å². The topological polar surface area (TPSA) is 43.4 Å². The number of ether oxygens (including phenoxy) is 1. The lowest BCUT2D eigenvalue weighted by molar-refractivity contribution is -0.138. The first kappa shape index (κ1) is 14.7. The molecule has 1 atom stereocenters. The predicted octanol–water partition coefficient (Wildman–Crippen LogP) is 3.20. The highest BCUT2D eigenvalue weighted by atomic mass is 16.5. The molecule has 3 heteroatoms. The summed E-state index contributed by atoms with van der Waals surface area (Å²) in [6.07, 6.45) is 4.50. The van der Waals surface area contributed by atoms with Gasteiger partial charge in [0.1, 0.15) is 5.78 Å². The van der Waals surface area contributed by atoms with Crippen LogP contribution in [0.15, 0.2) is 24.3 Å². The van der Waals surface area contributed by atoms with Gasteiger partial charge < -0.3 is 4.74 Å². The summed E-state index contributed by atoms with van der Waals surface area (Å²) in [4.78, 5) is 23.0. The summed E-state index contributed by atoms with van der Waals surface area (Å²) in [5, 5.41) is 0. The Balaban J connectivity index is 2.28. The van der Waals surface area contributed by atoms with Gasteiger partial charge in [0.15, 0.2) is 0 Å². The summed E-state index contributed by atoms with van der Waals surface area (Å²) in [5.41, 5.74) is 1.67. The highest BCUT2D eigenvalue weighted by Gasteiger charge is 2.23. The van der Waals surface area contributed by atoms with E-state index in [1.807, 2.05) is 0 Å². The third kappa shape index (κ3) is 4.47. The SMILES string of the molecule is C=C1CCC(=O)[C@H](CCCC(=C)C(=O)OCC)C1. The normalized spacial score (nSPS) is 19.7. The quantitative estimate of drug-likeness (QED) is 0.413. The lowest BCUT2D eigenvalue weighted by Gasteiger charge is -2.22. The van der Waals surface area contributed by atoms with Gasteiger partial charge >= 0.3 is 5.97 Å². The highest BCUT2D eigenvalue weighted by molar-refractivity contribution is 5.87. The zero-order valence-electron chi connectivity index (χ0n) is 11.2. The van der Waals surface area contributed by atoms with Gasteiger partial charge in [0, 0.05) is 17.9 Å². The minimum Gasteiger partial charge on any atom is -0.463 e. The summed E-state index contributed by atoms with van der Waals surface area (Å²) in [6.45, 7) is 9.81. The number of carbonyl (C=O) groups is 2. The zero-order chi connectivity index (χ0) is 13.5. The fraction of sp³-hybridized carbons (Fsp3) is 0.600. The van der Waals surface area contributed by atoms with Gasteiger partial charge in [-0.25, -0.2) is 4.79 Å². The van der Waals surface area contributed by atoms with E-state index < -0.39 is 0 Å². The maximum absolute atomic E-state index is 11.7. The van der Waals surface area contributed by atoms with Crippen molar-refractivity contribution in [1.82, 2.24) is 0 Å². The Hall–Kier alpha value is -1.38. The maximum atomic E-state index is 11.7. The van der Waals surface area contributed by atoms with Crippen molar-refractivity contribution in [3.05, 3.63) is 24.3 Å². The fourth-order valence-electron chi connectivity index (χ4n) is 2.23. The van der Waals surface area contributed by atoms with Crippen molar-refractivity contribution in [1.29, 1.82) is 0 Å². The molecule has 0 spiro atoms. The highest BCUT2D eigenvalue weighted by Crippen LogP contribution is 2.28. The van der Waals surface area contributed by atoms with Gasteiger partial charge in [-0.3, -0.25) is 4.79 Å². The third-order valence-electron chi connectivity index (χ3n) is 3.31. The Kier molecular flexibility index (Phi) is 5.83. The average Bonchev–Trinajstić information content (AvgIpc) is 2.33. The number of ketones is 1. The monoisotopic (exact) mass is 250 g/mol. The molecule has 0 N–H and O–H groups in total. The molecule has 1 rings (SSSR count). The van der Waals surface area contributed by atoms with E-state index in [-0.39, 0.29) is 11.9 Å². The predicted molar refractivity (Wildman–Crippen MR) is 71.1 cm³/mol. The Morgan fingerprint density at radius 3 is 2.83 bits per heavy atom. The van der Waals surface area contributed by atoms with Crippen LogP contribution in [-0.2, 0) is 14.3 Å². The van der Waals surface area contributed by atoms with E-state index in [9.17, 15) is 9.59 Å². The van der Waals surface area contributed by atoms with Crippen LogP contribution in [0.3, 0.4) is 0 Å². The Bertz CT molecular complexity index is 355. The molecule has 1 aliphatic rings. The van der Waals surface area contributed by atoms with E-state index in [1.54, 1.807) is 6.92 Å². The molecule has 0 saturated heterocycles. The standard InChI is InChI=1S/C15H22O3/c1-4-18-15(17)12(3)6-5-7-13-10-11(2)8-9-14(13)16/h13H,2-10H2,1H3/t13-/m1/s1. The molecule has 3 nitrogen and oxygen atoms in total. The van der Waals surface area contributed by atoms with Crippen LogP contribution in [0.4, 0.5) is 0 Å². The summed E-state index contributed by atoms with van der Waals surface area (Å²) >= 11 is 0. The minimum atomic E-state index is -0.322. The number of rotatable bonds is 6. The van der Waals surface area contributed by atoms with Crippen LogP contribution in [0.25, 0.3) is 0 Å². The third-order valence-corrected chi connectivity index (χ3v) is 3.31. The summed E-state index contributed by atoms with van der Waals surface area (Å²) in [7, 11) is 0. The van der Waals surface area contributed by atoms with E-state index in [1.165, 1.54) is 5.57 Å². The van der Waals surface area contributed by atoms with Crippen LogP contribution in [0.2, 0.25) is 0 Å². The number of hydrogen-bond acceptors (Lipinski definition) is 3. The van der Waals surface area contributed by atoms with E-state index in [2.05, 4.69) is 13.2 Å². The van der Waals surface area contributed by atoms with Crippen LogP contribution in [0.5, 0.6) is 0 Å². The van der Waals surface area contributed by atoms with Crippen LogP contribution in [-0.4, -0.2) is 18.4 Å². The molecule has 0 unspecified atom stereocenters. The number of Topliss-reactive ketones (excluding diaryl/α,β-unsaturated/α-hetero) is 1. The molecule has 0 heterocycles. The number of carbonyl (C=O) groups excluding carboxylic acids is 2. The maximum Gasteiger partial charge on any atom is 0.333 e. The first-order chi connectivity index (χ1) is 8.54. The molecule has 0 aromatic heterocycles. The van der Waals surface area contributed by atoms with E-state index in [0.29, 0.717) is 30.8 Å². The minimum absolute atomic E-state index is 0.0984. The summed E-state index contributed by atoms with van der Waals surface area (Å²) in [5.74, 6) is 0.113. The zero-order valence-corrected chi connectivity index (χ0v) is 11.2. The van der Waals surface area contributed by atoms with Gasteiger partial charge in [0.2, 0.25) is 0 Å². The molecule has 0 bridgehead atoms. The van der Waals surface area contributed by atoms with Crippen LogP contribution in [0.1, 0.15) is 45.4 Å². The van der Waals surface area contributed by atoms with Crippen molar-refractivity contribution in [2.75, 3.05) is 6.61 Å². The fourth-order valence-corrected chi connectivity index (χ4v) is 2.23. The summed E-state index contributed by atoms with van der Waals surface area (Å²) in [6, 6.07) is 0. The van der Waals surface area contributed by atoms with Crippen molar-refractivity contribution >= 4 is 11.8 Å². The van der Waals surface area contributed by atoms with Crippen molar-refractivity contribution in [3.8, 4) is 0 Å². The van der Waals surface area contributed by atoms with Gasteiger partial charge in [0.05, 0.1) is 6.61 Å². The summed E-state index contributed by atoms with van der Waals surface area (Å²) < 4.78 is 4.86. The van der Waals surface area contributed by atoms with Gasteiger partial charge in [0.25, 0.3) is 0 Å². The molecule has 0 aliphatic heterocycles. The lowest BCUT2D eigenvalue weighted by Crippen LogP contribution is -2.20. The molecule has 1 fully saturated rings. The van der Waals surface area contributed by atoms with Gasteiger partial charge in [-0.1, -0.05) is 18.7 Å². The first-order valence-electron chi connectivity index (χ1n) is 6.58. The van der Waals surface area contributed by atoms with E-state index in [0.717, 1.165) is 25.7 Å². The van der Waals surface area contributed by atoms with E-state index in [4.69, 9.17) is 4.74 Å². The number of hydrogen-bond donors (Lipinski definition) is 0. The van der Waals surface area contributed by atoms with Gasteiger partial charge in [-0.15, -0.1) is 0 Å². The second kappa shape index (κ2) is 7.14. The Morgan fingerprint density at radius 1 is 1.44 bits per heavy atom. The second-order valence-electron chi connectivity index (χ2n) is 4.83. The van der Waals surface area contributed by atoms with Crippen LogP contribution >= 0.6 is 0 Å². The van der Waals surface area contributed by atoms with Crippen molar-refractivity contribution in [3.63, 3.8) is 0 Å². The van der Waals surface area contributed by atoms with Crippen molar-refractivity contribution in [2.24, 2.45) is 5.92 Å². The Morgan fingerprint density at radius 2 is 2.17 bits per heavy atom. The molecule has 0 amide bonds. The lowest BCUT2D eigenvalue weighted by atomic mass is 9.82. The average molecular weight is 250 g/mol. The largest absolute Gasteiger partial charge is 0.463 e. The second-order valence-corrected chi connectivity index (χ2v) is 4.83. The smallest absolute Gasteiger partial charge is 0.333 e. The molecule has 0 aromatic carbocycles. The first-order valence-corrected chi connectivity index (χ1v) is 6.58. The van der Waals surface area contributed by atoms with Gasteiger partial charge in [-0.05, 0) is 39.0 Å². The molecule has 0 aromatic rings. The molecule has 100 valence electrons. The number of esters is 1. The molecule has 1 saturated carbocycles.